The molecule has 0 aliphatic heterocycles. The fourth-order valence-electron chi connectivity index (χ4n) is 8.11. The van der Waals surface area contributed by atoms with Crippen LogP contribution >= 0.6 is 0 Å². The van der Waals surface area contributed by atoms with Gasteiger partial charge in [0, 0.05) is 19.3 Å². The maximum absolute atomic E-state index is 12.9. The quantitative estimate of drug-likeness (QED) is 0.0261. The highest BCUT2D eigenvalue weighted by Crippen LogP contribution is 2.13. The number of rotatable bonds is 55. The lowest BCUT2D eigenvalue weighted by molar-refractivity contribution is -0.167. The van der Waals surface area contributed by atoms with Crippen LogP contribution < -0.4 is 0 Å². The number of unbranched alkanes of at least 4 members (excludes halogenated alkanes) is 20. The van der Waals surface area contributed by atoms with Crippen LogP contribution in [-0.4, -0.2) is 37.2 Å². The monoisotopic (exact) mass is 1060 g/mol. The van der Waals surface area contributed by atoms with E-state index in [-0.39, 0.29) is 37.5 Å². The second kappa shape index (κ2) is 63.8. The summed E-state index contributed by atoms with van der Waals surface area (Å²) in [5.74, 6) is -0.997. The third-order valence-corrected chi connectivity index (χ3v) is 12.8. The molecule has 0 spiro atoms. The average Bonchev–Trinajstić information content (AvgIpc) is 3.43. The molecule has 0 aromatic carbocycles. The average molecular weight is 1060 g/mol. The highest BCUT2D eigenvalue weighted by atomic mass is 16.6. The number of hydrogen-bond acceptors (Lipinski definition) is 6. The zero-order valence-electron chi connectivity index (χ0n) is 49.7. The Morgan fingerprint density at radius 2 is 0.519 bits per heavy atom. The van der Waals surface area contributed by atoms with Gasteiger partial charge in [0.25, 0.3) is 0 Å². The third kappa shape index (κ3) is 62.0. The van der Waals surface area contributed by atoms with Gasteiger partial charge in [-0.2, -0.15) is 0 Å². The first-order valence-corrected chi connectivity index (χ1v) is 31.3. The highest BCUT2D eigenvalue weighted by molar-refractivity contribution is 5.71. The first-order chi connectivity index (χ1) is 38.0. The van der Waals surface area contributed by atoms with Gasteiger partial charge in [-0.25, -0.2) is 0 Å². The van der Waals surface area contributed by atoms with E-state index >= 15 is 0 Å². The largest absolute Gasteiger partial charge is 0.462 e. The maximum atomic E-state index is 12.9. The lowest BCUT2D eigenvalue weighted by atomic mass is 10.1. The Labute approximate surface area is 474 Å². The van der Waals surface area contributed by atoms with Gasteiger partial charge in [-0.3, -0.25) is 14.4 Å². The molecule has 0 fully saturated rings. The van der Waals surface area contributed by atoms with Gasteiger partial charge in [-0.05, 0) is 141 Å². The van der Waals surface area contributed by atoms with Crippen molar-refractivity contribution < 1.29 is 28.6 Å². The van der Waals surface area contributed by atoms with Crippen molar-refractivity contribution in [2.45, 2.75) is 271 Å². The molecule has 0 saturated carbocycles. The van der Waals surface area contributed by atoms with Crippen molar-refractivity contribution in [3.63, 3.8) is 0 Å². The summed E-state index contributed by atoms with van der Waals surface area (Å²) < 4.78 is 16.8. The molecule has 6 heteroatoms. The Balaban J connectivity index is 4.48. The smallest absolute Gasteiger partial charge is 0.306 e. The molecule has 77 heavy (non-hydrogen) atoms. The molecular weight excluding hydrogens is 949 g/mol. The molecule has 0 bridgehead atoms. The topological polar surface area (TPSA) is 78.9 Å². The fourth-order valence-corrected chi connectivity index (χ4v) is 8.11. The molecule has 0 aliphatic rings. The Morgan fingerprint density at radius 1 is 0.273 bits per heavy atom. The van der Waals surface area contributed by atoms with Gasteiger partial charge in [-0.1, -0.05) is 250 Å². The molecule has 1 unspecified atom stereocenters. The van der Waals surface area contributed by atoms with Gasteiger partial charge in [0.05, 0.1) is 0 Å². The predicted molar refractivity (Wildman–Crippen MR) is 334 cm³/mol. The van der Waals surface area contributed by atoms with E-state index in [1.54, 1.807) is 0 Å². The molecule has 0 amide bonds. The van der Waals surface area contributed by atoms with Gasteiger partial charge >= 0.3 is 17.9 Å². The van der Waals surface area contributed by atoms with Crippen molar-refractivity contribution in [3.8, 4) is 0 Å². The van der Waals surface area contributed by atoms with E-state index in [4.69, 9.17) is 14.2 Å². The molecule has 434 valence electrons. The molecule has 0 saturated heterocycles. The molecule has 6 nitrogen and oxygen atoms in total. The van der Waals surface area contributed by atoms with Crippen LogP contribution in [0.5, 0.6) is 0 Å². The molecule has 0 aliphatic carbocycles. The Morgan fingerprint density at radius 3 is 0.870 bits per heavy atom. The van der Waals surface area contributed by atoms with Crippen LogP contribution in [0.15, 0.2) is 146 Å². The molecule has 0 N–H and O–H groups in total. The van der Waals surface area contributed by atoms with Gasteiger partial charge in [-0.15, -0.1) is 0 Å². The summed E-state index contributed by atoms with van der Waals surface area (Å²) in [5, 5.41) is 0. The number of esters is 3. The second-order valence-electron chi connectivity index (χ2n) is 20.2. The van der Waals surface area contributed by atoms with E-state index in [9.17, 15) is 14.4 Å². The number of hydrogen-bond donors (Lipinski definition) is 0. The van der Waals surface area contributed by atoms with Crippen LogP contribution in [-0.2, 0) is 28.6 Å². The van der Waals surface area contributed by atoms with E-state index in [2.05, 4.69) is 167 Å². The van der Waals surface area contributed by atoms with E-state index in [1.807, 2.05) is 0 Å². The van der Waals surface area contributed by atoms with Crippen LogP contribution in [0, 0.1) is 0 Å². The van der Waals surface area contributed by atoms with Crippen LogP contribution in [0.1, 0.15) is 265 Å². The standard InChI is InChI=1S/C71H114O6/c1-4-7-10-13-16-19-22-25-28-30-31-32-33-34-35-36-37-38-39-40-41-42-44-46-49-52-55-58-61-64-70(73)76-67-68(66-75-69(72)63-60-57-54-51-48-45-27-24-21-18-15-12-9-6-3)77-71(74)65-62-59-56-53-50-47-43-29-26-23-20-17-14-11-8-5-2/h7,10,16,19-20,23-25,27-29,31-32,34-35,37-38,40-41,43-44,46,52,55,68H,4-6,8-9,11-15,17-18,21-22,26,30,33,36,39,42,45,47-51,53-54,56-67H2,1-3H3/b10-7-,19-16-,23-20-,27-24-,28-25-,32-31-,35-34-,38-37-,41-40-,43-29-,46-44-,55-52-. The molecular formula is C71H114O6. The summed E-state index contributed by atoms with van der Waals surface area (Å²) in [6.45, 7) is 6.43. The summed E-state index contributed by atoms with van der Waals surface area (Å²) in [6, 6.07) is 0. The van der Waals surface area contributed by atoms with Crippen LogP contribution in [0.3, 0.4) is 0 Å². The Bertz CT molecular complexity index is 1700. The van der Waals surface area contributed by atoms with Crippen molar-refractivity contribution in [2.24, 2.45) is 0 Å². The minimum Gasteiger partial charge on any atom is -0.462 e. The lowest BCUT2D eigenvalue weighted by Gasteiger charge is -2.18. The van der Waals surface area contributed by atoms with Crippen molar-refractivity contribution >= 4 is 17.9 Å². The molecule has 0 heterocycles. The van der Waals surface area contributed by atoms with Gasteiger partial charge in [0.15, 0.2) is 6.10 Å². The highest BCUT2D eigenvalue weighted by Gasteiger charge is 2.19. The number of ether oxygens (including phenoxy) is 3. The first-order valence-electron chi connectivity index (χ1n) is 31.3. The summed E-state index contributed by atoms with van der Waals surface area (Å²) in [4.78, 5) is 38.2. The Hall–Kier alpha value is -4.71. The zero-order valence-corrected chi connectivity index (χ0v) is 49.7. The summed E-state index contributed by atoms with van der Waals surface area (Å²) in [6.07, 6.45) is 91.4. The van der Waals surface area contributed by atoms with E-state index in [1.165, 1.54) is 77.0 Å². The third-order valence-electron chi connectivity index (χ3n) is 12.8. The minimum absolute atomic E-state index is 0.111. The molecule has 0 aromatic heterocycles. The summed E-state index contributed by atoms with van der Waals surface area (Å²) in [7, 11) is 0. The van der Waals surface area contributed by atoms with Crippen LogP contribution in [0.25, 0.3) is 0 Å². The van der Waals surface area contributed by atoms with Gasteiger partial charge in [0.1, 0.15) is 13.2 Å². The molecule has 1 atom stereocenters. The van der Waals surface area contributed by atoms with Gasteiger partial charge < -0.3 is 14.2 Å². The number of carbonyl (C=O) groups excluding carboxylic acids is 3. The summed E-state index contributed by atoms with van der Waals surface area (Å²) >= 11 is 0. The van der Waals surface area contributed by atoms with Crippen molar-refractivity contribution in [2.75, 3.05) is 13.2 Å². The van der Waals surface area contributed by atoms with Crippen LogP contribution in [0.4, 0.5) is 0 Å². The minimum atomic E-state index is -0.819. The lowest BCUT2D eigenvalue weighted by Crippen LogP contribution is -2.30. The SMILES string of the molecule is CC/C=C\C/C=C\C/C=C\C/C=C\C/C=C\C/C=C\C/C=C\C/C=C\C/C=C\CCCC(=O)OCC(COC(=O)CCCCCCC/C=C\CCCCCCC)OC(=O)CCCCCCC/C=C\C/C=C\CCCCCC. The van der Waals surface area contributed by atoms with Crippen molar-refractivity contribution in [3.05, 3.63) is 146 Å². The van der Waals surface area contributed by atoms with E-state index in [0.717, 1.165) is 141 Å². The van der Waals surface area contributed by atoms with Crippen molar-refractivity contribution in [1.29, 1.82) is 0 Å². The van der Waals surface area contributed by atoms with Crippen molar-refractivity contribution in [1.82, 2.24) is 0 Å². The summed E-state index contributed by atoms with van der Waals surface area (Å²) in [5.41, 5.74) is 0. The van der Waals surface area contributed by atoms with E-state index in [0.29, 0.717) is 19.3 Å². The maximum Gasteiger partial charge on any atom is 0.306 e. The molecule has 0 radical (unpaired) electrons. The second-order valence-corrected chi connectivity index (χ2v) is 20.2. The number of allylic oxidation sites excluding steroid dienone is 24. The van der Waals surface area contributed by atoms with Gasteiger partial charge in [0.2, 0.25) is 0 Å². The number of carbonyl (C=O) groups is 3. The predicted octanol–water partition coefficient (Wildman–Crippen LogP) is 21.5. The zero-order chi connectivity index (χ0) is 55.7. The fraction of sp³-hybridized carbons (Fsp3) is 0.620. The molecule has 0 aromatic rings. The normalized spacial score (nSPS) is 13.1. The van der Waals surface area contributed by atoms with Crippen LogP contribution in [0.2, 0.25) is 0 Å². The first kappa shape index (κ1) is 72.3. The Kier molecular flexibility index (Phi) is 59.9. The van der Waals surface area contributed by atoms with E-state index < -0.39 is 6.10 Å². The molecule has 0 rings (SSSR count).